The second kappa shape index (κ2) is 17.2. The Hall–Kier alpha value is -5.02. The lowest BCUT2D eigenvalue weighted by Gasteiger charge is -2.39. The summed E-state index contributed by atoms with van der Waals surface area (Å²) in [6, 6.07) is 13.4. The second-order valence-electron chi connectivity index (χ2n) is 16.0. The van der Waals surface area contributed by atoms with Gasteiger partial charge in [-0.3, -0.25) is 24.6 Å². The molecule has 12 nitrogen and oxygen atoms in total. The number of carbonyl (C=O) groups is 3. The van der Waals surface area contributed by atoms with Gasteiger partial charge in [-0.05, 0) is 115 Å². The highest BCUT2D eigenvalue weighted by molar-refractivity contribution is 6.06. The quantitative estimate of drug-likeness (QED) is 0.132. The number of nitrogens with zero attached hydrogens (tertiary/aromatic N) is 5. The van der Waals surface area contributed by atoms with E-state index in [4.69, 9.17) is 9.72 Å². The minimum Gasteiger partial charge on any atom is -0.490 e. The van der Waals surface area contributed by atoms with Gasteiger partial charge in [0.1, 0.15) is 29.0 Å². The molecule has 3 N–H and O–H groups in total. The SMILES string of the molecule is CC(C)Oc1cc2nc(C3CCC(CN(C)C4CCN(Cc5cccc(NC6CCC(=O)NC6=O)c5)CC4)CC3)cn2cc1C(=O)Nc1cccc(C(F)(F)F)n1. The fraction of sp³-hybridized carbons (Fsp3) is 0.500. The molecule has 3 fully saturated rings. The van der Waals surface area contributed by atoms with Gasteiger partial charge in [0.15, 0.2) is 0 Å². The van der Waals surface area contributed by atoms with E-state index in [0.717, 1.165) is 82.2 Å². The van der Waals surface area contributed by atoms with Crippen LogP contribution in [0.25, 0.3) is 5.65 Å². The van der Waals surface area contributed by atoms with Crippen LogP contribution in [0.3, 0.4) is 0 Å². The minimum absolute atomic E-state index is 0.172. The topological polar surface area (TPSA) is 133 Å². The van der Waals surface area contributed by atoms with Gasteiger partial charge in [-0.25, -0.2) is 9.97 Å². The fourth-order valence-corrected chi connectivity index (χ4v) is 8.37. The molecule has 4 aromatic rings. The molecule has 15 heteroatoms. The largest absolute Gasteiger partial charge is 0.490 e. The van der Waals surface area contributed by atoms with Gasteiger partial charge in [0.25, 0.3) is 5.91 Å². The Morgan fingerprint density at radius 2 is 1.74 bits per heavy atom. The number of ether oxygens (including phenoxy) is 1. The van der Waals surface area contributed by atoms with Crippen LogP contribution in [0.2, 0.25) is 0 Å². The monoisotopic (exact) mass is 788 g/mol. The average Bonchev–Trinajstić information content (AvgIpc) is 3.59. The first-order valence-corrected chi connectivity index (χ1v) is 19.9. The van der Waals surface area contributed by atoms with Crippen LogP contribution in [0.15, 0.2) is 60.9 Å². The predicted octanol–water partition coefficient (Wildman–Crippen LogP) is 6.87. The Labute approximate surface area is 330 Å². The highest BCUT2D eigenvalue weighted by atomic mass is 19.4. The van der Waals surface area contributed by atoms with Gasteiger partial charge in [0.2, 0.25) is 11.8 Å². The number of alkyl halides is 3. The third-order valence-electron chi connectivity index (χ3n) is 11.4. The maximum absolute atomic E-state index is 13.4. The number of aromatic nitrogens is 3. The van der Waals surface area contributed by atoms with Gasteiger partial charge < -0.3 is 24.7 Å². The molecule has 2 aliphatic heterocycles. The number of fused-ring (bicyclic) bond motifs is 1. The zero-order valence-electron chi connectivity index (χ0n) is 32.6. The van der Waals surface area contributed by atoms with E-state index in [0.29, 0.717) is 36.2 Å². The first-order chi connectivity index (χ1) is 27.3. The number of imide groups is 1. The van der Waals surface area contributed by atoms with E-state index in [1.54, 1.807) is 16.7 Å². The number of rotatable bonds is 12. The molecule has 0 radical (unpaired) electrons. The van der Waals surface area contributed by atoms with Crippen molar-refractivity contribution in [2.45, 2.75) is 102 Å². The molecule has 0 bridgehead atoms. The average molecular weight is 789 g/mol. The van der Waals surface area contributed by atoms with Gasteiger partial charge in [-0.2, -0.15) is 13.2 Å². The van der Waals surface area contributed by atoms with E-state index in [1.165, 1.54) is 17.7 Å². The summed E-state index contributed by atoms with van der Waals surface area (Å²) in [6.07, 6.45) is 5.99. The van der Waals surface area contributed by atoms with Gasteiger partial charge in [0.05, 0.1) is 17.4 Å². The fourth-order valence-electron chi connectivity index (χ4n) is 8.37. The zero-order chi connectivity index (χ0) is 40.3. The van der Waals surface area contributed by atoms with Crippen LogP contribution in [0.4, 0.5) is 24.7 Å². The van der Waals surface area contributed by atoms with Crippen LogP contribution in [0, 0.1) is 5.92 Å². The smallest absolute Gasteiger partial charge is 0.433 e. The van der Waals surface area contributed by atoms with Crippen LogP contribution in [0.1, 0.15) is 98.4 Å². The molecular formula is C42H51F3N8O4. The van der Waals surface area contributed by atoms with Crippen molar-refractivity contribution in [3.8, 4) is 5.75 Å². The number of hydrogen-bond donors (Lipinski definition) is 3. The van der Waals surface area contributed by atoms with E-state index in [1.807, 2.05) is 32.2 Å². The molecule has 1 saturated carbocycles. The van der Waals surface area contributed by atoms with Crippen LogP contribution in [0.5, 0.6) is 5.75 Å². The highest BCUT2D eigenvalue weighted by Gasteiger charge is 2.33. The standard InChI is InChI=1S/C42H51F3N8O4/c1-26(2)57-35-21-38-47-34(25-53(38)24-32(35)40(55)49-37-9-5-8-36(48-37)42(43,44)45)29-12-10-27(11-13-29)22-51(3)31-16-18-52(19-17-31)23-28-6-4-7-30(20-28)46-33-14-15-39(54)50-41(33)56/h4-9,20-21,24-27,29,31,33,46H,10-19,22-23H2,1-3H3,(H,48,49,55)(H,50,54,56). The molecule has 1 unspecified atom stereocenters. The summed E-state index contributed by atoms with van der Waals surface area (Å²) in [5, 5.41) is 8.20. The number of hydrogen-bond acceptors (Lipinski definition) is 9. The molecule has 3 amide bonds. The van der Waals surface area contributed by atoms with Crippen molar-refractivity contribution >= 4 is 34.9 Å². The number of piperidine rings is 2. The molecule has 7 rings (SSSR count). The van der Waals surface area contributed by atoms with Crippen LogP contribution >= 0.6 is 0 Å². The third kappa shape index (κ3) is 10.1. The molecule has 1 aliphatic carbocycles. The third-order valence-corrected chi connectivity index (χ3v) is 11.4. The predicted molar refractivity (Wildman–Crippen MR) is 210 cm³/mol. The van der Waals surface area contributed by atoms with Crippen LogP contribution in [-0.2, 0) is 22.3 Å². The van der Waals surface area contributed by atoms with E-state index >= 15 is 0 Å². The van der Waals surface area contributed by atoms with Gasteiger partial charge in [-0.1, -0.05) is 18.2 Å². The minimum atomic E-state index is -4.63. The van der Waals surface area contributed by atoms with Gasteiger partial charge in [0, 0.05) is 55.6 Å². The Morgan fingerprint density at radius 1 is 0.982 bits per heavy atom. The van der Waals surface area contributed by atoms with Crippen molar-refractivity contribution in [3.63, 3.8) is 0 Å². The van der Waals surface area contributed by atoms with Crippen molar-refractivity contribution < 1.29 is 32.3 Å². The normalized spacial score (nSPS) is 21.2. The maximum atomic E-state index is 13.4. The number of pyridine rings is 2. The number of amides is 3. The summed E-state index contributed by atoms with van der Waals surface area (Å²) in [5.74, 6) is -0.130. The van der Waals surface area contributed by atoms with E-state index in [9.17, 15) is 27.6 Å². The summed E-state index contributed by atoms with van der Waals surface area (Å²) in [7, 11) is 2.26. The number of nitrogens with one attached hydrogen (secondary N) is 3. The molecule has 3 aromatic heterocycles. The Bertz CT molecular complexity index is 2070. The molecular weight excluding hydrogens is 738 g/mol. The van der Waals surface area contributed by atoms with E-state index in [2.05, 4.69) is 49.9 Å². The number of carbonyl (C=O) groups excluding carboxylic acids is 3. The van der Waals surface area contributed by atoms with Crippen molar-refractivity contribution in [1.29, 1.82) is 0 Å². The van der Waals surface area contributed by atoms with Gasteiger partial charge in [-0.15, -0.1) is 0 Å². The summed E-state index contributed by atoms with van der Waals surface area (Å²) in [5.41, 5.74) is 2.77. The van der Waals surface area contributed by atoms with E-state index < -0.39 is 23.8 Å². The Morgan fingerprint density at radius 3 is 2.46 bits per heavy atom. The lowest BCUT2D eigenvalue weighted by molar-refractivity contribution is -0.141. The van der Waals surface area contributed by atoms with Crippen molar-refractivity contribution in [1.82, 2.24) is 29.5 Å². The van der Waals surface area contributed by atoms with Crippen LogP contribution in [-0.4, -0.2) is 86.8 Å². The molecule has 0 spiro atoms. The lowest BCUT2D eigenvalue weighted by atomic mass is 9.80. The maximum Gasteiger partial charge on any atom is 0.433 e. The summed E-state index contributed by atoms with van der Waals surface area (Å²) in [6.45, 7) is 7.64. The lowest BCUT2D eigenvalue weighted by Crippen LogP contribution is -2.47. The number of likely N-dealkylation sites (tertiary alicyclic amines) is 1. The summed E-state index contributed by atoms with van der Waals surface area (Å²) >= 11 is 0. The van der Waals surface area contributed by atoms with Gasteiger partial charge >= 0.3 is 6.18 Å². The molecule has 3 aliphatic rings. The molecule has 1 aromatic carbocycles. The molecule has 5 heterocycles. The van der Waals surface area contributed by atoms with Crippen molar-refractivity contribution in [2.24, 2.45) is 5.92 Å². The summed E-state index contributed by atoms with van der Waals surface area (Å²) in [4.78, 5) is 50.6. The zero-order valence-corrected chi connectivity index (χ0v) is 32.6. The molecule has 57 heavy (non-hydrogen) atoms. The molecule has 2 saturated heterocycles. The number of halogens is 3. The molecule has 1 atom stereocenters. The Balaban J connectivity index is 0.898. The number of imidazole rings is 1. The highest BCUT2D eigenvalue weighted by Crippen LogP contribution is 2.37. The van der Waals surface area contributed by atoms with Crippen molar-refractivity contribution in [2.75, 3.05) is 37.3 Å². The summed E-state index contributed by atoms with van der Waals surface area (Å²) < 4.78 is 47.5. The first-order valence-electron chi connectivity index (χ1n) is 19.9. The van der Waals surface area contributed by atoms with Crippen LogP contribution < -0.4 is 20.7 Å². The first kappa shape index (κ1) is 40.2. The van der Waals surface area contributed by atoms with E-state index in [-0.39, 0.29) is 35.2 Å². The Kier molecular flexibility index (Phi) is 12.1. The number of benzene rings is 1. The molecule has 304 valence electrons. The van der Waals surface area contributed by atoms with Crippen molar-refractivity contribution in [3.05, 3.63) is 83.4 Å². The number of anilines is 2. The second-order valence-corrected chi connectivity index (χ2v) is 16.0.